The molecule has 22 heavy (non-hydrogen) atoms. The molecule has 114 valence electrons. The van der Waals surface area contributed by atoms with Crippen LogP contribution in [0.4, 0.5) is 5.00 Å². The second-order valence-electron chi connectivity index (χ2n) is 5.76. The van der Waals surface area contributed by atoms with Crippen LogP contribution in [0.2, 0.25) is 0 Å². The SMILES string of the molecule is Cc1cc(C)cc(C(=O)Nc2sc3c(c2C(N)=O)CCC3)c1. The number of fused-ring (bicyclic) bond motifs is 1. The molecule has 0 saturated carbocycles. The van der Waals surface area contributed by atoms with E-state index < -0.39 is 5.91 Å². The number of thiophene rings is 1. The molecule has 1 aromatic heterocycles. The van der Waals surface area contributed by atoms with Gasteiger partial charge in [0.25, 0.3) is 11.8 Å². The Morgan fingerprint density at radius 3 is 2.45 bits per heavy atom. The third-order valence-electron chi connectivity index (χ3n) is 3.88. The Morgan fingerprint density at radius 2 is 1.82 bits per heavy atom. The smallest absolute Gasteiger partial charge is 0.256 e. The lowest BCUT2D eigenvalue weighted by molar-refractivity contribution is 0.100. The number of hydrogen-bond donors (Lipinski definition) is 2. The minimum absolute atomic E-state index is 0.200. The normalized spacial score (nSPS) is 13.0. The molecule has 1 aromatic carbocycles. The third kappa shape index (κ3) is 2.64. The van der Waals surface area contributed by atoms with Crippen molar-refractivity contribution in [3.05, 3.63) is 50.9 Å². The van der Waals surface area contributed by atoms with E-state index in [0.29, 0.717) is 16.1 Å². The van der Waals surface area contributed by atoms with Crippen molar-refractivity contribution >= 4 is 28.2 Å². The van der Waals surface area contributed by atoms with Crippen molar-refractivity contribution in [3.63, 3.8) is 0 Å². The van der Waals surface area contributed by atoms with Crippen LogP contribution in [-0.4, -0.2) is 11.8 Å². The van der Waals surface area contributed by atoms with Gasteiger partial charge in [-0.3, -0.25) is 9.59 Å². The summed E-state index contributed by atoms with van der Waals surface area (Å²) in [6.45, 7) is 3.91. The average Bonchev–Trinajstić information content (AvgIpc) is 2.96. The van der Waals surface area contributed by atoms with Gasteiger partial charge in [0.1, 0.15) is 5.00 Å². The van der Waals surface area contributed by atoms with Gasteiger partial charge in [-0.25, -0.2) is 0 Å². The highest BCUT2D eigenvalue weighted by Gasteiger charge is 2.26. The molecule has 3 rings (SSSR count). The van der Waals surface area contributed by atoms with Crippen LogP contribution in [0, 0.1) is 13.8 Å². The highest BCUT2D eigenvalue weighted by Crippen LogP contribution is 2.39. The van der Waals surface area contributed by atoms with Crippen LogP contribution >= 0.6 is 11.3 Å². The quantitative estimate of drug-likeness (QED) is 0.913. The molecule has 1 aliphatic rings. The number of carbonyl (C=O) groups is 2. The average molecular weight is 314 g/mol. The fourth-order valence-corrected chi connectivity index (χ4v) is 4.32. The number of nitrogens with two attached hydrogens (primary N) is 1. The zero-order chi connectivity index (χ0) is 15.9. The van der Waals surface area contributed by atoms with Gasteiger partial charge < -0.3 is 11.1 Å². The topological polar surface area (TPSA) is 72.2 Å². The summed E-state index contributed by atoms with van der Waals surface area (Å²) in [4.78, 5) is 25.4. The summed E-state index contributed by atoms with van der Waals surface area (Å²) in [5.41, 5.74) is 9.70. The predicted octanol–water partition coefficient (Wildman–Crippen LogP) is 3.20. The van der Waals surface area contributed by atoms with E-state index in [1.165, 1.54) is 16.2 Å². The maximum Gasteiger partial charge on any atom is 0.256 e. The summed E-state index contributed by atoms with van der Waals surface area (Å²) in [6, 6.07) is 5.70. The van der Waals surface area contributed by atoms with Crippen LogP contribution in [0.3, 0.4) is 0 Å². The van der Waals surface area contributed by atoms with Gasteiger partial charge in [0.2, 0.25) is 0 Å². The van der Waals surface area contributed by atoms with Gasteiger partial charge in [-0.1, -0.05) is 17.2 Å². The minimum Gasteiger partial charge on any atom is -0.365 e. The summed E-state index contributed by atoms with van der Waals surface area (Å²) in [5, 5.41) is 3.46. The summed E-state index contributed by atoms with van der Waals surface area (Å²) in [6.07, 6.45) is 2.87. The first kappa shape index (κ1) is 14.8. The molecule has 2 amide bonds. The Balaban J connectivity index is 1.93. The molecule has 0 spiro atoms. The van der Waals surface area contributed by atoms with Crippen molar-refractivity contribution in [2.24, 2.45) is 5.73 Å². The standard InChI is InChI=1S/C17H18N2O2S/c1-9-6-10(2)8-11(7-9)16(21)19-17-14(15(18)20)12-4-3-5-13(12)22-17/h6-8H,3-5H2,1-2H3,(H2,18,20)(H,19,21). The molecule has 0 atom stereocenters. The van der Waals surface area contributed by atoms with Crippen molar-refractivity contribution in [2.75, 3.05) is 5.32 Å². The molecule has 4 nitrogen and oxygen atoms in total. The lowest BCUT2D eigenvalue weighted by Gasteiger charge is -2.07. The van der Waals surface area contributed by atoms with Crippen molar-refractivity contribution < 1.29 is 9.59 Å². The minimum atomic E-state index is -0.463. The van der Waals surface area contributed by atoms with Gasteiger partial charge in [-0.15, -0.1) is 11.3 Å². The van der Waals surface area contributed by atoms with Gasteiger partial charge >= 0.3 is 0 Å². The van der Waals surface area contributed by atoms with Crippen molar-refractivity contribution in [1.29, 1.82) is 0 Å². The first-order valence-corrected chi connectivity index (χ1v) is 8.11. The fourth-order valence-electron chi connectivity index (χ4n) is 3.03. The molecule has 3 N–H and O–H groups in total. The van der Waals surface area contributed by atoms with E-state index in [-0.39, 0.29) is 5.91 Å². The van der Waals surface area contributed by atoms with Crippen LogP contribution in [-0.2, 0) is 12.8 Å². The monoisotopic (exact) mass is 314 g/mol. The highest BCUT2D eigenvalue weighted by molar-refractivity contribution is 7.17. The second kappa shape index (κ2) is 5.57. The van der Waals surface area contributed by atoms with E-state index in [2.05, 4.69) is 5.32 Å². The van der Waals surface area contributed by atoms with Crippen molar-refractivity contribution in [1.82, 2.24) is 0 Å². The lowest BCUT2D eigenvalue weighted by atomic mass is 10.1. The molecule has 1 heterocycles. The van der Waals surface area contributed by atoms with Gasteiger partial charge in [-0.2, -0.15) is 0 Å². The first-order valence-electron chi connectivity index (χ1n) is 7.29. The van der Waals surface area contributed by atoms with Crippen LogP contribution in [0.5, 0.6) is 0 Å². The second-order valence-corrected chi connectivity index (χ2v) is 6.86. The van der Waals surface area contributed by atoms with E-state index in [1.54, 1.807) is 0 Å². The molecular weight excluding hydrogens is 296 g/mol. The van der Waals surface area contributed by atoms with Crippen molar-refractivity contribution in [2.45, 2.75) is 33.1 Å². The van der Waals surface area contributed by atoms with E-state index in [9.17, 15) is 9.59 Å². The molecule has 0 fully saturated rings. The Morgan fingerprint density at radius 1 is 1.14 bits per heavy atom. The van der Waals surface area contributed by atoms with Gasteiger partial charge in [0.05, 0.1) is 5.56 Å². The van der Waals surface area contributed by atoms with Crippen LogP contribution in [0.1, 0.15) is 48.7 Å². The summed E-state index contributed by atoms with van der Waals surface area (Å²) in [7, 11) is 0. The number of amides is 2. The largest absolute Gasteiger partial charge is 0.365 e. The Hall–Kier alpha value is -2.14. The number of nitrogens with one attached hydrogen (secondary N) is 1. The van der Waals surface area contributed by atoms with E-state index in [4.69, 9.17) is 5.73 Å². The highest BCUT2D eigenvalue weighted by atomic mass is 32.1. The maximum absolute atomic E-state index is 12.5. The number of aryl methyl sites for hydroxylation is 3. The molecule has 2 aromatic rings. The molecular formula is C17H18N2O2S. The Kier molecular flexibility index (Phi) is 3.74. The maximum atomic E-state index is 12.5. The summed E-state index contributed by atoms with van der Waals surface area (Å²) >= 11 is 1.48. The molecule has 1 aliphatic carbocycles. The van der Waals surface area contributed by atoms with Crippen LogP contribution < -0.4 is 11.1 Å². The molecule has 0 unspecified atom stereocenters. The molecule has 0 bridgehead atoms. The fraction of sp³-hybridized carbons (Fsp3) is 0.294. The zero-order valence-electron chi connectivity index (χ0n) is 12.7. The van der Waals surface area contributed by atoms with Gasteiger partial charge in [-0.05, 0) is 50.8 Å². The number of carbonyl (C=O) groups excluding carboxylic acids is 2. The van der Waals surface area contributed by atoms with Crippen LogP contribution in [0.25, 0.3) is 0 Å². The number of anilines is 1. The zero-order valence-corrected chi connectivity index (χ0v) is 13.5. The van der Waals surface area contributed by atoms with Gasteiger partial charge in [0, 0.05) is 10.4 Å². The Labute approximate surface area is 133 Å². The molecule has 0 saturated heterocycles. The van der Waals surface area contributed by atoms with E-state index in [1.807, 2.05) is 32.0 Å². The number of hydrogen-bond acceptors (Lipinski definition) is 3. The number of primary amides is 1. The van der Waals surface area contributed by atoms with E-state index >= 15 is 0 Å². The number of benzene rings is 1. The molecule has 0 aliphatic heterocycles. The molecule has 5 heteroatoms. The van der Waals surface area contributed by atoms with Crippen molar-refractivity contribution in [3.8, 4) is 0 Å². The predicted molar refractivity (Wildman–Crippen MR) is 88.7 cm³/mol. The van der Waals surface area contributed by atoms with E-state index in [0.717, 1.165) is 36.0 Å². The third-order valence-corrected chi connectivity index (χ3v) is 5.09. The summed E-state index contributed by atoms with van der Waals surface area (Å²) < 4.78 is 0. The lowest BCUT2D eigenvalue weighted by Crippen LogP contribution is -2.18. The number of rotatable bonds is 3. The Bertz CT molecular complexity index is 757. The molecule has 0 radical (unpaired) electrons. The summed E-state index contributed by atoms with van der Waals surface area (Å²) in [5.74, 6) is -0.663. The van der Waals surface area contributed by atoms with Gasteiger partial charge in [0.15, 0.2) is 0 Å². The van der Waals surface area contributed by atoms with Crippen LogP contribution in [0.15, 0.2) is 18.2 Å². The first-order chi connectivity index (χ1) is 10.5.